The van der Waals surface area contributed by atoms with Gasteiger partial charge in [0.15, 0.2) is 0 Å². The number of carbonyl (C=O) groups is 1. The molecular formula is C23H25ClFN3O2. The van der Waals surface area contributed by atoms with Crippen LogP contribution in [0, 0.1) is 12.7 Å². The molecule has 1 N–H and O–H groups in total. The van der Waals surface area contributed by atoms with Crippen molar-refractivity contribution in [2.24, 2.45) is 0 Å². The number of anilines is 1. The average molecular weight is 430 g/mol. The summed E-state index contributed by atoms with van der Waals surface area (Å²) in [6.45, 7) is 3.99. The van der Waals surface area contributed by atoms with Gasteiger partial charge in [-0.2, -0.15) is 0 Å². The van der Waals surface area contributed by atoms with Crippen LogP contribution in [0.25, 0.3) is 0 Å². The molecule has 1 aromatic heterocycles. The maximum absolute atomic E-state index is 13.4. The SMILES string of the molecule is COCCN(Cc1cccn1Cc1ccc(C)cc1)C(=O)Nc1ccc(F)c(Cl)c1. The maximum atomic E-state index is 13.4. The third kappa shape index (κ3) is 5.84. The van der Waals surface area contributed by atoms with Gasteiger partial charge in [0.2, 0.25) is 0 Å². The number of aromatic nitrogens is 1. The molecule has 158 valence electrons. The number of methoxy groups -OCH3 is 1. The molecule has 0 unspecified atom stereocenters. The van der Waals surface area contributed by atoms with Gasteiger partial charge >= 0.3 is 6.03 Å². The van der Waals surface area contributed by atoms with Gasteiger partial charge in [0.25, 0.3) is 0 Å². The Morgan fingerprint density at radius 3 is 2.67 bits per heavy atom. The average Bonchev–Trinajstić information content (AvgIpc) is 3.16. The van der Waals surface area contributed by atoms with E-state index in [4.69, 9.17) is 16.3 Å². The molecule has 5 nitrogen and oxygen atoms in total. The smallest absolute Gasteiger partial charge is 0.322 e. The fraction of sp³-hybridized carbons (Fsp3) is 0.261. The molecule has 3 rings (SSSR count). The third-order valence-electron chi connectivity index (χ3n) is 4.77. The van der Waals surface area contributed by atoms with Gasteiger partial charge in [0.05, 0.1) is 18.2 Å². The number of rotatable bonds is 8. The highest BCUT2D eigenvalue weighted by Gasteiger charge is 2.16. The molecule has 0 aliphatic heterocycles. The van der Waals surface area contributed by atoms with Crippen LogP contribution in [0.15, 0.2) is 60.8 Å². The monoisotopic (exact) mass is 429 g/mol. The minimum absolute atomic E-state index is 0.0387. The Labute approximate surface area is 181 Å². The van der Waals surface area contributed by atoms with Crippen molar-refractivity contribution >= 4 is 23.3 Å². The first-order valence-electron chi connectivity index (χ1n) is 9.65. The molecule has 30 heavy (non-hydrogen) atoms. The largest absolute Gasteiger partial charge is 0.383 e. The third-order valence-corrected chi connectivity index (χ3v) is 5.06. The Morgan fingerprint density at radius 2 is 1.97 bits per heavy atom. The van der Waals surface area contributed by atoms with E-state index in [2.05, 4.69) is 41.1 Å². The highest BCUT2D eigenvalue weighted by atomic mass is 35.5. The minimum Gasteiger partial charge on any atom is -0.383 e. The van der Waals surface area contributed by atoms with Gasteiger partial charge < -0.3 is 19.5 Å². The first kappa shape index (κ1) is 21.9. The number of amides is 2. The molecule has 2 aromatic carbocycles. The summed E-state index contributed by atoms with van der Waals surface area (Å²) in [7, 11) is 1.59. The van der Waals surface area contributed by atoms with E-state index >= 15 is 0 Å². The maximum Gasteiger partial charge on any atom is 0.322 e. The first-order chi connectivity index (χ1) is 14.5. The number of ether oxygens (including phenoxy) is 1. The Balaban J connectivity index is 1.73. The molecule has 0 spiro atoms. The molecule has 0 aliphatic carbocycles. The second kappa shape index (κ2) is 10.3. The number of nitrogens with zero attached hydrogens (tertiary/aromatic N) is 2. The number of aryl methyl sites for hydroxylation is 1. The molecule has 0 bridgehead atoms. The molecule has 0 saturated heterocycles. The summed E-state index contributed by atoms with van der Waals surface area (Å²) < 4.78 is 20.7. The zero-order valence-corrected chi connectivity index (χ0v) is 17.8. The first-order valence-corrected chi connectivity index (χ1v) is 10.0. The van der Waals surface area contributed by atoms with E-state index in [-0.39, 0.29) is 11.1 Å². The molecule has 1 heterocycles. The number of benzene rings is 2. The lowest BCUT2D eigenvalue weighted by Crippen LogP contribution is -2.37. The number of nitrogens with one attached hydrogen (secondary N) is 1. The van der Waals surface area contributed by atoms with Gasteiger partial charge in [0.1, 0.15) is 5.82 Å². The van der Waals surface area contributed by atoms with Crippen molar-refractivity contribution in [3.05, 3.63) is 88.5 Å². The van der Waals surface area contributed by atoms with E-state index in [1.165, 1.54) is 29.3 Å². The highest BCUT2D eigenvalue weighted by Crippen LogP contribution is 2.20. The molecule has 0 radical (unpaired) electrons. The van der Waals surface area contributed by atoms with Crippen LogP contribution >= 0.6 is 11.6 Å². The summed E-state index contributed by atoms with van der Waals surface area (Å²) in [6, 6.07) is 16.1. The van der Waals surface area contributed by atoms with Crippen molar-refractivity contribution in [3.8, 4) is 0 Å². The lowest BCUT2D eigenvalue weighted by atomic mass is 10.1. The summed E-state index contributed by atoms with van der Waals surface area (Å²) >= 11 is 5.82. The van der Waals surface area contributed by atoms with E-state index in [1.807, 2.05) is 18.3 Å². The summed E-state index contributed by atoms with van der Waals surface area (Å²) in [5.41, 5.74) is 3.84. The normalized spacial score (nSPS) is 10.8. The number of carbonyl (C=O) groups excluding carboxylic acids is 1. The Morgan fingerprint density at radius 1 is 1.20 bits per heavy atom. The fourth-order valence-electron chi connectivity index (χ4n) is 3.06. The van der Waals surface area contributed by atoms with Crippen LogP contribution in [-0.4, -0.2) is 35.8 Å². The number of hydrogen-bond donors (Lipinski definition) is 1. The van der Waals surface area contributed by atoms with Crippen molar-refractivity contribution in [1.29, 1.82) is 0 Å². The zero-order chi connectivity index (χ0) is 21.5. The second-order valence-corrected chi connectivity index (χ2v) is 7.49. The summed E-state index contributed by atoms with van der Waals surface area (Å²) in [4.78, 5) is 14.5. The lowest BCUT2D eigenvalue weighted by Gasteiger charge is -2.24. The van der Waals surface area contributed by atoms with E-state index in [9.17, 15) is 9.18 Å². The Hall–Kier alpha value is -2.83. The summed E-state index contributed by atoms with van der Waals surface area (Å²) in [5.74, 6) is -0.528. The van der Waals surface area contributed by atoms with Crippen LogP contribution < -0.4 is 5.32 Å². The quantitative estimate of drug-likeness (QED) is 0.527. The topological polar surface area (TPSA) is 46.5 Å². The molecular weight excluding hydrogens is 405 g/mol. The predicted molar refractivity (Wildman–Crippen MR) is 117 cm³/mol. The van der Waals surface area contributed by atoms with Crippen molar-refractivity contribution in [1.82, 2.24) is 9.47 Å². The Bertz CT molecular complexity index is 988. The Kier molecular flexibility index (Phi) is 7.49. The van der Waals surface area contributed by atoms with Gasteiger partial charge in [-0.05, 0) is 42.8 Å². The predicted octanol–water partition coefficient (Wildman–Crippen LogP) is 5.32. The van der Waals surface area contributed by atoms with Crippen LogP contribution in [0.4, 0.5) is 14.9 Å². The van der Waals surface area contributed by atoms with Gasteiger partial charge in [-0.3, -0.25) is 0 Å². The fourth-order valence-corrected chi connectivity index (χ4v) is 3.24. The molecule has 0 saturated carbocycles. The van der Waals surface area contributed by atoms with Crippen LogP contribution in [-0.2, 0) is 17.8 Å². The minimum atomic E-state index is -0.528. The van der Waals surface area contributed by atoms with Crippen molar-refractivity contribution in [2.45, 2.75) is 20.0 Å². The summed E-state index contributed by atoms with van der Waals surface area (Å²) in [6.07, 6.45) is 2.00. The van der Waals surface area contributed by atoms with E-state index in [0.717, 1.165) is 12.2 Å². The standard InChI is InChI=1S/C23H25ClFN3O2/c1-17-5-7-18(8-6-17)15-27-11-3-4-20(27)16-28(12-13-30-2)23(29)26-19-9-10-22(25)21(24)14-19/h3-11,14H,12-13,15-16H2,1-2H3,(H,26,29). The van der Waals surface area contributed by atoms with E-state index in [0.29, 0.717) is 25.4 Å². The molecule has 0 atom stereocenters. The van der Waals surface area contributed by atoms with E-state index < -0.39 is 5.82 Å². The van der Waals surface area contributed by atoms with Crippen molar-refractivity contribution < 1.29 is 13.9 Å². The number of urea groups is 1. The van der Waals surface area contributed by atoms with Crippen LogP contribution in [0.5, 0.6) is 0 Å². The molecule has 3 aromatic rings. The number of hydrogen-bond acceptors (Lipinski definition) is 2. The molecule has 2 amide bonds. The second-order valence-electron chi connectivity index (χ2n) is 7.09. The van der Waals surface area contributed by atoms with Gasteiger partial charge in [0, 0.05) is 37.8 Å². The van der Waals surface area contributed by atoms with Crippen LogP contribution in [0.1, 0.15) is 16.8 Å². The van der Waals surface area contributed by atoms with Crippen LogP contribution in [0.2, 0.25) is 5.02 Å². The van der Waals surface area contributed by atoms with Gasteiger partial charge in [-0.1, -0.05) is 41.4 Å². The zero-order valence-electron chi connectivity index (χ0n) is 17.1. The van der Waals surface area contributed by atoms with E-state index in [1.54, 1.807) is 12.0 Å². The molecule has 7 heteroatoms. The summed E-state index contributed by atoms with van der Waals surface area (Å²) in [5, 5.41) is 2.74. The molecule has 0 aliphatic rings. The van der Waals surface area contributed by atoms with Crippen molar-refractivity contribution in [3.63, 3.8) is 0 Å². The van der Waals surface area contributed by atoms with Gasteiger partial charge in [-0.25, -0.2) is 9.18 Å². The lowest BCUT2D eigenvalue weighted by molar-refractivity contribution is 0.152. The van der Waals surface area contributed by atoms with Crippen LogP contribution in [0.3, 0.4) is 0 Å². The van der Waals surface area contributed by atoms with Crippen molar-refractivity contribution in [2.75, 3.05) is 25.6 Å². The van der Waals surface area contributed by atoms with Gasteiger partial charge in [-0.15, -0.1) is 0 Å². The highest BCUT2D eigenvalue weighted by molar-refractivity contribution is 6.31. The number of halogens is 2. The molecule has 0 fully saturated rings.